The molecule has 2 nitrogen and oxygen atoms in total. The van der Waals surface area contributed by atoms with Gasteiger partial charge in [-0.2, -0.15) is 0 Å². The Morgan fingerprint density at radius 1 is 0.750 bits per heavy atom. The van der Waals surface area contributed by atoms with Gasteiger partial charge in [0.05, 0.1) is 0 Å². The summed E-state index contributed by atoms with van der Waals surface area (Å²) in [6.07, 6.45) is 3.62. The highest BCUT2D eigenvalue weighted by atomic mass is 16.5. The fourth-order valence-corrected chi connectivity index (χ4v) is 1.97. The molecule has 0 saturated heterocycles. The van der Waals surface area contributed by atoms with Crippen LogP contribution < -0.4 is 9.47 Å². The number of aryl methyl sites for hydroxylation is 1. The van der Waals surface area contributed by atoms with Crippen LogP contribution in [0.25, 0.3) is 0 Å². The summed E-state index contributed by atoms with van der Waals surface area (Å²) in [7, 11) is 0. The Hall–Kier alpha value is -1.96. The fourth-order valence-electron chi connectivity index (χ4n) is 1.97. The number of benzene rings is 2. The molecule has 0 aliphatic heterocycles. The zero-order valence-electron chi connectivity index (χ0n) is 12.0. The second kappa shape index (κ2) is 8.26. The van der Waals surface area contributed by atoms with Crippen LogP contribution in [0.4, 0.5) is 0 Å². The smallest absolute Gasteiger partial charge is 0.122 e. The summed E-state index contributed by atoms with van der Waals surface area (Å²) in [6, 6.07) is 18.2. The summed E-state index contributed by atoms with van der Waals surface area (Å²) in [5.41, 5.74) is 1.37. The van der Waals surface area contributed by atoms with E-state index in [0.29, 0.717) is 13.2 Å². The van der Waals surface area contributed by atoms with E-state index in [1.165, 1.54) is 18.4 Å². The Bertz CT molecular complexity index is 477. The van der Waals surface area contributed by atoms with Gasteiger partial charge < -0.3 is 9.47 Å². The van der Waals surface area contributed by atoms with E-state index in [2.05, 4.69) is 19.1 Å². The molecule has 106 valence electrons. The van der Waals surface area contributed by atoms with Crippen molar-refractivity contribution in [3.63, 3.8) is 0 Å². The second-order valence-electron chi connectivity index (χ2n) is 4.76. The van der Waals surface area contributed by atoms with Gasteiger partial charge in [-0.3, -0.25) is 0 Å². The number of ether oxygens (including phenoxy) is 2. The van der Waals surface area contributed by atoms with Gasteiger partial charge in [0, 0.05) is 0 Å². The lowest BCUT2D eigenvalue weighted by atomic mass is 10.1. The van der Waals surface area contributed by atoms with E-state index in [4.69, 9.17) is 9.47 Å². The molecule has 0 atom stereocenters. The maximum Gasteiger partial charge on any atom is 0.122 e. The van der Waals surface area contributed by atoms with Crippen LogP contribution in [0.5, 0.6) is 11.5 Å². The van der Waals surface area contributed by atoms with Crippen molar-refractivity contribution in [2.24, 2.45) is 0 Å². The average molecular weight is 270 g/mol. The van der Waals surface area contributed by atoms with Crippen molar-refractivity contribution in [1.29, 1.82) is 0 Å². The summed E-state index contributed by atoms with van der Waals surface area (Å²) in [4.78, 5) is 0. The van der Waals surface area contributed by atoms with Gasteiger partial charge in [-0.05, 0) is 42.7 Å². The molecule has 0 aromatic heterocycles. The maximum absolute atomic E-state index is 5.66. The van der Waals surface area contributed by atoms with Crippen molar-refractivity contribution in [1.82, 2.24) is 0 Å². The number of hydrogen-bond acceptors (Lipinski definition) is 2. The van der Waals surface area contributed by atoms with E-state index in [1.54, 1.807) is 0 Å². The first kappa shape index (κ1) is 14.4. The maximum atomic E-state index is 5.66. The van der Waals surface area contributed by atoms with Gasteiger partial charge in [0.15, 0.2) is 0 Å². The van der Waals surface area contributed by atoms with Crippen molar-refractivity contribution >= 4 is 0 Å². The lowest BCUT2D eigenvalue weighted by Gasteiger charge is -2.09. The molecule has 0 radical (unpaired) electrons. The normalized spacial score (nSPS) is 10.2. The number of hydrogen-bond donors (Lipinski definition) is 0. The molecule has 0 spiro atoms. The predicted octanol–water partition coefficient (Wildman–Crippen LogP) is 4.49. The predicted molar refractivity (Wildman–Crippen MR) is 82.5 cm³/mol. The minimum atomic E-state index is 0.557. The van der Waals surface area contributed by atoms with Gasteiger partial charge in [0.2, 0.25) is 0 Å². The van der Waals surface area contributed by atoms with Crippen LogP contribution in [0.3, 0.4) is 0 Å². The number of rotatable bonds is 8. The van der Waals surface area contributed by atoms with Gasteiger partial charge in [0.1, 0.15) is 24.7 Å². The number of para-hydroxylation sites is 1. The lowest BCUT2D eigenvalue weighted by molar-refractivity contribution is 0.217. The highest BCUT2D eigenvalue weighted by molar-refractivity contribution is 5.27. The molecule has 0 unspecified atom stereocenters. The van der Waals surface area contributed by atoms with E-state index in [-0.39, 0.29) is 0 Å². The van der Waals surface area contributed by atoms with Gasteiger partial charge in [0.25, 0.3) is 0 Å². The molecule has 0 N–H and O–H groups in total. The molecular formula is C18H22O2. The highest BCUT2D eigenvalue weighted by Crippen LogP contribution is 2.14. The molecule has 2 aromatic rings. The zero-order chi connectivity index (χ0) is 14.0. The Morgan fingerprint density at radius 3 is 1.95 bits per heavy atom. The van der Waals surface area contributed by atoms with Crippen molar-refractivity contribution in [2.75, 3.05) is 13.2 Å². The Balaban J connectivity index is 1.69. The molecule has 0 amide bonds. The molecule has 0 saturated carbocycles. The van der Waals surface area contributed by atoms with Crippen molar-refractivity contribution in [2.45, 2.75) is 26.2 Å². The Morgan fingerprint density at radius 2 is 1.35 bits per heavy atom. The van der Waals surface area contributed by atoms with Gasteiger partial charge in [-0.25, -0.2) is 0 Å². The first-order valence-corrected chi connectivity index (χ1v) is 7.28. The molecule has 0 fully saturated rings. The van der Waals surface area contributed by atoms with Crippen molar-refractivity contribution in [3.05, 3.63) is 60.2 Å². The Kier molecular flexibility index (Phi) is 5.97. The summed E-state index contributed by atoms with van der Waals surface area (Å²) in [5, 5.41) is 0. The monoisotopic (exact) mass is 270 g/mol. The molecule has 2 heteroatoms. The van der Waals surface area contributed by atoms with Crippen LogP contribution in [0, 0.1) is 0 Å². The largest absolute Gasteiger partial charge is 0.490 e. The van der Waals surface area contributed by atoms with Crippen LogP contribution in [0.15, 0.2) is 54.6 Å². The minimum Gasteiger partial charge on any atom is -0.490 e. The van der Waals surface area contributed by atoms with Gasteiger partial charge >= 0.3 is 0 Å². The summed E-state index contributed by atoms with van der Waals surface area (Å²) >= 11 is 0. The van der Waals surface area contributed by atoms with Gasteiger partial charge in [-0.15, -0.1) is 0 Å². The molecule has 0 aliphatic rings. The van der Waals surface area contributed by atoms with E-state index < -0.39 is 0 Å². The summed E-state index contributed by atoms with van der Waals surface area (Å²) < 4.78 is 11.2. The van der Waals surface area contributed by atoms with E-state index >= 15 is 0 Å². The first-order valence-electron chi connectivity index (χ1n) is 7.28. The highest BCUT2D eigenvalue weighted by Gasteiger charge is 1.97. The fraction of sp³-hybridized carbons (Fsp3) is 0.333. The minimum absolute atomic E-state index is 0.557. The van der Waals surface area contributed by atoms with Crippen LogP contribution in [0.1, 0.15) is 25.3 Å². The topological polar surface area (TPSA) is 18.5 Å². The standard InChI is InChI=1S/C18H22O2/c1-2-3-7-16-10-12-18(13-11-16)20-15-14-19-17-8-5-4-6-9-17/h4-6,8-13H,2-3,7,14-15H2,1H3. The third-order valence-corrected chi connectivity index (χ3v) is 3.11. The zero-order valence-corrected chi connectivity index (χ0v) is 12.0. The molecular weight excluding hydrogens is 248 g/mol. The van der Waals surface area contributed by atoms with Crippen LogP contribution in [-0.2, 0) is 6.42 Å². The van der Waals surface area contributed by atoms with E-state index in [9.17, 15) is 0 Å². The number of unbranched alkanes of at least 4 members (excludes halogenated alkanes) is 1. The molecule has 0 heterocycles. The van der Waals surface area contributed by atoms with Crippen molar-refractivity contribution in [3.8, 4) is 11.5 Å². The van der Waals surface area contributed by atoms with E-state index in [0.717, 1.165) is 17.9 Å². The van der Waals surface area contributed by atoms with Crippen LogP contribution in [0.2, 0.25) is 0 Å². The third-order valence-electron chi connectivity index (χ3n) is 3.11. The summed E-state index contributed by atoms with van der Waals surface area (Å²) in [5.74, 6) is 1.79. The SMILES string of the molecule is CCCCc1ccc(OCCOc2ccccc2)cc1. The van der Waals surface area contributed by atoms with E-state index in [1.807, 2.05) is 42.5 Å². The third kappa shape index (κ3) is 4.96. The average Bonchev–Trinajstić information content (AvgIpc) is 2.52. The first-order chi connectivity index (χ1) is 9.88. The van der Waals surface area contributed by atoms with Gasteiger partial charge in [-0.1, -0.05) is 43.7 Å². The molecule has 2 rings (SSSR count). The lowest BCUT2D eigenvalue weighted by Crippen LogP contribution is -2.08. The molecule has 0 aliphatic carbocycles. The Labute approximate surface area is 121 Å². The quantitative estimate of drug-likeness (QED) is 0.658. The van der Waals surface area contributed by atoms with Crippen LogP contribution in [-0.4, -0.2) is 13.2 Å². The molecule has 2 aromatic carbocycles. The van der Waals surface area contributed by atoms with Crippen molar-refractivity contribution < 1.29 is 9.47 Å². The molecule has 20 heavy (non-hydrogen) atoms. The molecule has 0 bridgehead atoms. The van der Waals surface area contributed by atoms with Crippen LogP contribution >= 0.6 is 0 Å². The second-order valence-corrected chi connectivity index (χ2v) is 4.76. The summed E-state index contributed by atoms with van der Waals surface area (Å²) in [6.45, 7) is 3.33.